The van der Waals surface area contributed by atoms with E-state index in [1.54, 1.807) is 24.4 Å². The summed E-state index contributed by atoms with van der Waals surface area (Å²) < 4.78 is 5.05. The lowest BCUT2D eigenvalue weighted by Gasteiger charge is -2.09. The number of aromatic carboxylic acids is 1. The molecule has 0 aliphatic rings. The van der Waals surface area contributed by atoms with E-state index in [1.807, 2.05) is 0 Å². The molecule has 7 nitrogen and oxygen atoms in total. The molecule has 1 aromatic carbocycles. The van der Waals surface area contributed by atoms with Gasteiger partial charge < -0.3 is 15.2 Å². The normalized spacial score (nSPS) is 10.6. The minimum Gasteiger partial charge on any atom is -0.478 e. The van der Waals surface area contributed by atoms with E-state index in [0.29, 0.717) is 27.3 Å². The van der Waals surface area contributed by atoms with Crippen molar-refractivity contribution in [1.82, 2.24) is 9.97 Å². The number of ether oxygens (including phenoxy) is 1. The van der Waals surface area contributed by atoms with Crippen molar-refractivity contribution in [3.63, 3.8) is 0 Å². The van der Waals surface area contributed by atoms with Gasteiger partial charge in [-0.3, -0.25) is 0 Å². The van der Waals surface area contributed by atoms with Crippen LogP contribution in [0.25, 0.3) is 10.2 Å². The molecular weight excluding hydrogens is 366 g/mol. The van der Waals surface area contributed by atoms with Crippen LogP contribution in [0.3, 0.4) is 0 Å². The van der Waals surface area contributed by atoms with Gasteiger partial charge in [-0.15, -0.1) is 11.3 Å². The molecule has 0 aliphatic carbocycles. The van der Waals surface area contributed by atoms with E-state index < -0.39 is 11.9 Å². The van der Waals surface area contributed by atoms with Crippen molar-refractivity contribution in [2.75, 3.05) is 11.9 Å². The molecule has 2 N–H and O–H groups in total. The van der Waals surface area contributed by atoms with Gasteiger partial charge >= 0.3 is 11.9 Å². The Kier molecular flexibility index (Phi) is 4.82. The molecule has 3 rings (SSSR count). The van der Waals surface area contributed by atoms with Crippen LogP contribution >= 0.6 is 22.9 Å². The summed E-state index contributed by atoms with van der Waals surface area (Å²) in [5.74, 6) is -1.22. The number of carboxylic acid groups (broad SMARTS) is 1. The number of nitrogens with zero attached hydrogens (tertiary/aromatic N) is 2. The first-order chi connectivity index (χ1) is 12.0. The molecule has 0 bridgehead atoms. The number of carbonyl (C=O) groups excluding carboxylic acids is 1. The van der Waals surface area contributed by atoms with E-state index >= 15 is 0 Å². The van der Waals surface area contributed by atoms with Gasteiger partial charge in [0.25, 0.3) is 0 Å². The van der Waals surface area contributed by atoms with Crippen LogP contribution in [-0.2, 0) is 4.74 Å². The van der Waals surface area contributed by atoms with Crippen LogP contribution < -0.4 is 5.32 Å². The minimum absolute atomic E-state index is 0.0154. The smallest absolute Gasteiger partial charge is 0.339 e. The zero-order valence-electron chi connectivity index (χ0n) is 12.9. The molecule has 0 radical (unpaired) electrons. The molecule has 0 amide bonds. The van der Waals surface area contributed by atoms with E-state index in [1.165, 1.54) is 23.5 Å². The van der Waals surface area contributed by atoms with Crippen LogP contribution in [0.1, 0.15) is 27.6 Å². The first-order valence-electron chi connectivity index (χ1n) is 7.22. The lowest BCUT2D eigenvalue weighted by molar-refractivity contribution is 0.0528. The summed E-state index contributed by atoms with van der Waals surface area (Å²) >= 11 is 7.20. The Morgan fingerprint density at radius 1 is 1.36 bits per heavy atom. The summed E-state index contributed by atoms with van der Waals surface area (Å²) in [5.41, 5.74) is 0.949. The van der Waals surface area contributed by atoms with Crippen molar-refractivity contribution < 1.29 is 19.4 Å². The predicted octanol–water partition coefficient (Wildman–Crippen LogP) is 3.96. The van der Waals surface area contributed by atoms with Crippen molar-refractivity contribution in [3.05, 3.63) is 46.1 Å². The van der Waals surface area contributed by atoms with Gasteiger partial charge in [0.15, 0.2) is 0 Å². The van der Waals surface area contributed by atoms with Gasteiger partial charge in [0.05, 0.1) is 23.1 Å². The van der Waals surface area contributed by atoms with Crippen molar-refractivity contribution in [1.29, 1.82) is 0 Å². The minimum atomic E-state index is -1.04. The Balaban J connectivity index is 2.08. The number of hydrogen-bond acceptors (Lipinski definition) is 7. The van der Waals surface area contributed by atoms with Gasteiger partial charge in [0, 0.05) is 11.1 Å². The number of carboxylic acids is 1. The summed E-state index contributed by atoms with van der Waals surface area (Å²) in [6, 6.07) is 6.22. The van der Waals surface area contributed by atoms with E-state index in [-0.39, 0.29) is 17.5 Å². The third kappa shape index (κ3) is 3.54. The lowest BCUT2D eigenvalue weighted by atomic mass is 10.2. The SMILES string of the molecule is CCOC(=O)c1csc2nc(Cl)nc(Nc3cccc(C(=O)O)c3)c12. The quantitative estimate of drug-likeness (QED) is 0.512. The third-order valence-electron chi connectivity index (χ3n) is 3.27. The van der Waals surface area contributed by atoms with Crippen LogP contribution in [0.15, 0.2) is 29.6 Å². The highest BCUT2D eigenvalue weighted by molar-refractivity contribution is 7.17. The van der Waals surface area contributed by atoms with Crippen LogP contribution in [0.2, 0.25) is 5.28 Å². The zero-order chi connectivity index (χ0) is 18.0. The molecule has 0 spiro atoms. The summed E-state index contributed by atoms with van der Waals surface area (Å²) in [4.78, 5) is 32.0. The van der Waals surface area contributed by atoms with Gasteiger partial charge in [-0.05, 0) is 36.7 Å². The van der Waals surface area contributed by atoms with E-state index in [9.17, 15) is 9.59 Å². The number of nitrogens with one attached hydrogen (secondary N) is 1. The Morgan fingerprint density at radius 3 is 2.88 bits per heavy atom. The summed E-state index contributed by atoms with van der Waals surface area (Å²) in [6.07, 6.45) is 0. The molecule has 0 atom stereocenters. The highest BCUT2D eigenvalue weighted by Crippen LogP contribution is 2.33. The van der Waals surface area contributed by atoms with E-state index in [0.717, 1.165) is 0 Å². The van der Waals surface area contributed by atoms with Gasteiger partial charge in [-0.2, -0.15) is 4.98 Å². The number of carbonyl (C=O) groups is 2. The standard InChI is InChI=1S/C16H12ClN3O4S/c1-2-24-15(23)10-7-25-13-11(10)12(19-16(17)20-13)18-9-5-3-4-8(6-9)14(21)22/h3-7H,2H2,1H3,(H,21,22)(H,18,19,20). The molecule has 0 unspecified atom stereocenters. The average molecular weight is 378 g/mol. The number of thiophene rings is 1. The molecule has 2 aromatic heterocycles. The van der Waals surface area contributed by atoms with E-state index in [4.69, 9.17) is 21.4 Å². The van der Waals surface area contributed by atoms with Crippen molar-refractivity contribution in [2.24, 2.45) is 0 Å². The monoisotopic (exact) mass is 377 g/mol. The molecule has 25 heavy (non-hydrogen) atoms. The average Bonchev–Trinajstić information content (AvgIpc) is 2.99. The van der Waals surface area contributed by atoms with E-state index in [2.05, 4.69) is 15.3 Å². The second kappa shape index (κ2) is 7.04. The fourth-order valence-corrected chi connectivity index (χ4v) is 3.36. The second-order valence-electron chi connectivity index (χ2n) is 4.90. The molecule has 0 saturated heterocycles. The van der Waals surface area contributed by atoms with Crippen LogP contribution in [0.4, 0.5) is 11.5 Å². The maximum atomic E-state index is 12.1. The number of rotatable bonds is 5. The third-order valence-corrected chi connectivity index (χ3v) is 4.32. The fourth-order valence-electron chi connectivity index (χ4n) is 2.23. The Morgan fingerprint density at radius 2 is 2.16 bits per heavy atom. The molecule has 128 valence electrons. The highest BCUT2D eigenvalue weighted by Gasteiger charge is 2.20. The van der Waals surface area contributed by atoms with Gasteiger partial charge in [0.1, 0.15) is 10.6 Å². The van der Waals surface area contributed by atoms with Gasteiger partial charge in [-0.1, -0.05) is 6.07 Å². The molecule has 9 heteroatoms. The number of benzene rings is 1. The van der Waals surface area contributed by atoms with Crippen molar-refractivity contribution in [3.8, 4) is 0 Å². The second-order valence-corrected chi connectivity index (χ2v) is 6.10. The van der Waals surface area contributed by atoms with Crippen molar-refractivity contribution >= 4 is 56.6 Å². The Bertz CT molecular complexity index is 973. The number of esters is 1. The maximum absolute atomic E-state index is 12.1. The lowest BCUT2D eigenvalue weighted by Crippen LogP contribution is -2.06. The van der Waals surface area contributed by atoms with Crippen molar-refractivity contribution in [2.45, 2.75) is 6.92 Å². The zero-order valence-corrected chi connectivity index (χ0v) is 14.5. The first kappa shape index (κ1) is 17.1. The summed E-state index contributed by atoms with van der Waals surface area (Å²) in [7, 11) is 0. The van der Waals surface area contributed by atoms with Crippen LogP contribution in [-0.4, -0.2) is 33.6 Å². The number of fused-ring (bicyclic) bond motifs is 1. The number of aromatic nitrogens is 2. The fraction of sp³-hybridized carbons (Fsp3) is 0.125. The largest absolute Gasteiger partial charge is 0.478 e. The van der Waals surface area contributed by atoms with Crippen LogP contribution in [0, 0.1) is 0 Å². The molecule has 0 aliphatic heterocycles. The maximum Gasteiger partial charge on any atom is 0.339 e. The summed E-state index contributed by atoms with van der Waals surface area (Å²) in [6.45, 7) is 1.96. The first-order valence-corrected chi connectivity index (χ1v) is 8.47. The van der Waals surface area contributed by atoms with Gasteiger partial charge in [-0.25, -0.2) is 14.6 Å². The Hall–Kier alpha value is -2.71. The Labute approximate surface area is 151 Å². The van der Waals surface area contributed by atoms with Crippen LogP contribution in [0.5, 0.6) is 0 Å². The van der Waals surface area contributed by atoms with Gasteiger partial charge in [0.2, 0.25) is 5.28 Å². The molecule has 0 saturated carbocycles. The highest BCUT2D eigenvalue weighted by atomic mass is 35.5. The predicted molar refractivity (Wildman–Crippen MR) is 95.1 cm³/mol. The number of hydrogen-bond donors (Lipinski definition) is 2. The molecule has 3 aromatic rings. The number of anilines is 2. The summed E-state index contributed by atoms with van der Waals surface area (Å²) in [5, 5.41) is 14.2. The topological polar surface area (TPSA) is 101 Å². The molecular formula is C16H12ClN3O4S. The molecule has 0 fully saturated rings. The number of halogens is 1. The molecule has 2 heterocycles.